The third-order valence-electron chi connectivity index (χ3n) is 5.40. The van der Waals surface area contributed by atoms with Crippen molar-refractivity contribution in [1.82, 2.24) is 10.2 Å². The number of nitrogens with zero attached hydrogens (tertiary/aromatic N) is 1. The van der Waals surface area contributed by atoms with E-state index in [2.05, 4.69) is 10.2 Å². The van der Waals surface area contributed by atoms with E-state index in [0.29, 0.717) is 19.8 Å². The molecule has 5 nitrogen and oxygen atoms in total. The van der Waals surface area contributed by atoms with Crippen molar-refractivity contribution >= 4 is 30.7 Å². The Morgan fingerprint density at radius 2 is 1.74 bits per heavy atom. The molecule has 1 aromatic carbocycles. The summed E-state index contributed by atoms with van der Waals surface area (Å²) in [4.78, 5) is 14.9. The Kier molecular flexibility index (Phi) is 9.98. The highest BCUT2D eigenvalue weighted by Crippen LogP contribution is 2.27. The maximum absolute atomic E-state index is 13.3. The van der Waals surface area contributed by atoms with Gasteiger partial charge < -0.3 is 15.8 Å². The summed E-state index contributed by atoms with van der Waals surface area (Å²) in [5.41, 5.74) is 6.59. The molecule has 1 aromatic rings. The molecule has 8 heteroatoms. The van der Waals surface area contributed by atoms with Crippen LogP contribution in [0.15, 0.2) is 24.3 Å². The van der Waals surface area contributed by atoms with Gasteiger partial charge in [0.05, 0.1) is 24.8 Å². The van der Waals surface area contributed by atoms with E-state index < -0.39 is 5.54 Å². The largest absolute Gasteiger partial charge is 0.379 e. The molecule has 0 aromatic heterocycles. The average Bonchev–Trinajstić information content (AvgIpc) is 2.64. The predicted octanol–water partition coefficient (Wildman–Crippen LogP) is 2.82. The summed E-state index contributed by atoms with van der Waals surface area (Å²) in [6, 6.07) is 6.52. The van der Waals surface area contributed by atoms with E-state index in [0.717, 1.165) is 50.8 Å². The van der Waals surface area contributed by atoms with E-state index >= 15 is 0 Å². The zero-order valence-corrected chi connectivity index (χ0v) is 17.1. The third kappa shape index (κ3) is 6.29. The molecule has 154 valence electrons. The van der Waals surface area contributed by atoms with Crippen molar-refractivity contribution in [2.24, 2.45) is 5.73 Å². The molecule has 2 aliphatic rings. The van der Waals surface area contributed by atoms with Crippen LogP contribution in [0.3, 0.4) is 0 Å². The molecule has 1 saturated heterocycles. The fourth-order valence-electron chi connectivity index (χ4n) is 3.81. The number of hydrogen-bond donors (Lipinski definition) is 2. The van der Waals surface area contributed by atoms with E-state index in [9.17, 15) is 9.18 Å². The first-order valence-electron chi connectivity index (χ1n) is 9.23. The number of ether oxygens (including phenoxy) is 1. The number of amides is 1. The quantitative estimate of drug-likeness (QED) is 0.766. The second-order valence-corrected chi connectivity index (χ2v) is 7.14. The minimum atomic E-state index is -0.739. The summed E-state index contributed by atoms with van der Waals surface area (Å²) in [5, 5.41) is 3.06. The number of carbonyl (C=O) groups excluding carboxylic acids is 1. The number of rotatable bonds is 5. The van der Waals surface area contributed by atoms with Gasteiger partial charge in [-0.3, -0.25) is 9.69 Å². The first-order valence-corrected chi connectivity index (χ1v) is 9.23. The summed E-state index contributed by atoms with van der Waals surface area (Å²) in [6.45, 7) is 3.42. The van der Waals surface area contributed by atoms with Gasteiger partial charge in [0.2, 0.25) is 5.91 Å². The van der Waals surface area contributed by atoms with Crippen LogP contribution in [0.2, 0.25) is 0 Å². The van der Waals surface area contributed by atoms with Crippen LogP contribution < -0.4 is 11.1 Å². The summed E-state index contributed by atoms with van der Waals surface area (Å²) < 4.78 is 18.7. The summed E-state index contributed by atoms with van der Waals surface area (Å²) in [5.74, 6) is -0.316. The zero-order valence-electron chi connectivity index (χ0n) is 15.5. The van der Waals surface area contributed by atoms with Gasteiger partial charge in [0, 0.05) is 19.6 Å². The van der Waals surface area contributed by atoms with Crippen molar-refractivity contribution in [3.63, 3.8) is 0 Å². The maximum atomic E-state index is 13.3. The standard InChI is InChI=1S/C19H28FN3O2.2ClH/c20-16-6-4-15(5-7-16)17(23-10-12-25-13-11-23)14-22-18(24)19(21)8-2-1-3-9-19;;/h4-7,17H,1-3,8-14,21H2,(H,22,24);2*1H. The van der Waals surface area contributed by atoms with E-state index in [1.807, 2.05) is 0 Å². The second kappa shape index (κ2) is 11.2. The average molecular weight is 422 g/mol. The fraction of sp³-hybridized carbons (Fsp3) is 0.632. The molecule has 1 unspecified atom stereocenters. The van der Waals surface area contributed by atoms with Crippen LogP contribution in [0.1, 0.15) is 43.7 Å². The number of hydrogen-bond acceptors (Lipinski definition) is 4. The molecule has 0 spiro atoms. The molecule has 1 amide bonds. The number of halogens is 3. The normalized spacial score (nSPS) is 20.7. The van der Waals surface area contributed by atoms with Crippen LogP contribution in [0.4, 0.5) is 4.39 Å². The van der Waals surface area contributed by atoms with Gasteiger partial charge >= 0.3 is 0 Å². The van der Waals surface area contributed by atoms with Crippen molar-refractivity contribution in [2.75, 3.05) is 32.8 Å². The monoisotopic (exact) mass is 421 g/mol. The first-order chi connectivity index (χ1) is 12.1. The van der Waals surface area contributed by atoms with Gasteiger partial charge in [-0.25, -0.2) is 4.39 Å². The molecule has 2 fully saturated rings. The van der Waals surface area contributed by atoms with Crippen LogP contribution in [0.5, 0.6) is 0 Å². The molecule has 1 heterocycles. The molecule has 0 bridgehead atoms. The Bertz CT molecular complexity index is 577. The molecule has 3 rings (SSSR count). The van der Waals surface area contributed by atoms with Crippen LogP contribution >= 0.6 is 24.8 Å². The summed E-state index contributed by atoms with van der Waals surface area (Å²) in [6.07, 6.45) is 4.66. The highest BCUT2D eigenvalue weighted by Gasteiger charge is 2.35. The van der Waals surface area contributed by atoms with Gasteiger partial charge in [0.25, 0.3) is 0 Å². The van der Waals surface area contributed by atoms with Crippen LogP contribution in [-0.4, -0.2) is 49.2 Å². The van der Waals surface area contributed by atoms with E-state index in [1.54, 1.807) is 12.1 Å². The Hall–Kier alpha value is -0.920. The lowest BCUT2D eigenvalue weighted by molar-refractivity contribution is -0.127. The number of nitrogens with one attached hydrogen (secondary N) is 1. The minimum Gasteiger partial charge on any atom is -0.379 e. The summed E-state index contributed by atoms with van der Waals surface area (Å²) >= 11 is 0. The second-order valence-electron chi connectivity index (χ2n) is 7.14. The predicted molar refractivity (Wildman–Crippen MR) is 109 cm³/mol. The molecule has 3 N–H and O–H groups in total. The van der Waals surface area contributed by atoms with Crippen molar-refractivity contribution in [3.05, 3.63) is 35.6 Å². The summed E-state index contributed by atoms with van der Waals surface area (Å²) in [7, 11) is 0. The SMILES string of the molecule is Cl.Cl.NC1(C(=O)NCC(c2ccc(F)cc2)N2CCOCC2)CCCCC1. The topological polar surface area (TPSA) is 67.6 Å². The van der Waals surface area contributed by atoms with Gasteiger partial charge in [-0.1, -0.05) is 31.4 Å². The molecular formula is C19H30Cl2FN3O2. The van der Waals surface area contributed by atoms with Crippen LogP contribution in [0.25, 0.3) is 0 Å². The van der Waals surface area contributed by atoms with Gasteiger partial charge in [-0.05, 0) is 30.5 Å². The molecular weight excluding hydrogens is 392 g/mol. The van der Waals surface area contributed by atoms with Crippen molar-refractivity contribution in [2.45, 2.75) is 43.7 Å². The molecule has 27 heavy (non-hydrogen) atoms. The van der Waals surface area contributed by atoms with Gasteiger partial charge in [0.1, 0.15) is 5.82 Å². The maximum Gasteiger partial charge on any atom is 0.240 e. The minimum absolute atomic E-state index is 0. The first kappa shape index (κ1) is 24.1. The highest BCUT2D eigenvalue weighted by molar-refractivity contribution is 5.86. The Morgan fingerprint density at radius 3 is 2.33 bits per heavy atom. The van der Waals surface area contributed by atoms with Gasteiger partial charge in [-0.2, -0.15) is 0 Å². The number of benzene rings is 1. The molecule has 1 saturated carbocycles. The van der Waals surface area contributed by atoms with E-state index in [-0.39, 0.29) is 42.6 Å². The highest BCUT2D eigenvalue weighted by atomic mass is 35.5. The van der Waals surface area contributed by atoms with Crippen molar-refractivity contribution < 1.29 is 13.9 Å². The Balaban J connectivity index is 0.00000182. The van der Waals surface area contributed by atoms with Gasteiger partial charge in [0.15, 0.2) is 0 Å². The lowest BCUT2D eigenvalue weighted by atomic mass is 9.82. The van der Waals surface area contributed by atoms with Crippen LogP contribution in [-0.2, 0) is 9.53 Å². The van der Waals surface area contributed by atoms with E-state index in [4.69, 9.17) is 10.5 Å². The smallest absolute Gasteiger partial charge is 0.240 e. The van der Waals surface area contributed by atoms with Crippen LogP contribution in [0, 0.1) is 5.82 Å². The zero-order chi connectivity index (χ0) is 17.7. The Labute approximate surface area is 173 Å². The fourth-order valence-corrected chi connectivity index (χ4v) is 3.81. The van der Waals surface area contributed by atoms with E-state index in [1.165, 1.54) is 12.1 Å². The molecule has 1 aliphatic heterocycles. The van der Waals surface area contributed by atoms with Crippen molar-refractivity contribution in [1.29, 1.82) is 0 Å². The lowest BCUT2D eigenvalue weighted by Gasteiger charge is -2.36. The molecule has 1 atom stereocenters. The van der Waals surface area contributed by atoms with Gasteiger partial charge in [-0.15, -0.1) is 24.8 Å². The molecule has 1 aliphatic carbocycles. The third-order valence-corrected chi connectivity index (χ3v) is 5.40. The Morgan fingerprint density at radius 1 is 1.15 bits per heavy atom. The number of nitrogens with two attached hydrogens (primary N) is 1. The van der Waals surface area contributed by atoms with Crippen molar-refractivity contribution in [3.8, 4) is 0 Å². The molecule has 0 radical (unpaired) electrons. The lowest BCUT2D eigenvalue weighted by Crippen LogP contribution is -2.56. The number of morpholine rings is 1. The number of carbonyl (C=O) groups is 1.